The lowest BCUT2D eigenvalue weighted by molar-refractivity contribution is 0.0951. The molecule has 1 N–H and O–H groups in total. The maximum absolute atomic E-state index is 12.6. The average Bonchev–Trinajstić information content (AvgIpc) is 3.15. The summed E-state index contributed by atoms with van der Waals surface area (Å²) in [7, 11) is 1.65. The highest BCUT2D eigenvalue weighted by atomic mass is 16.5. The van der Waals surface area contributed by atoms with E-state index in [1.54, 1.807) is 13.2 Å². The van der Waals surface area contributed by atoms with Crippen LogP contribution in [0.25, 0.3) is 11.0 Å². The van der Waals surface area contributed by atoms with E-state index in [0.717, 1.165) is 28.0 Å². The van der Waals surface area contributed by atoms with Crippen LogP contribution in [0.1, 0.15) is 27.0 Å². The third-order valence-corrected chi connectivity index (χ3v) is 4.97. The van der Waals surface area contributed by atoms with E-state index in [1.165, 1.54) is 0 Å². The minimum atomic E-state index is -0.125. The van der Waals surface area contributed by atoms with Gasteiger partial charge in [0, 0.05) is 12.1 Å². The van der Waals surface area contributed by atoms with E-state index < -0.39 is 0 Å². The zero-order valence-electron chi connectivity index (χ0n) is 16.4. The van der Waals surface area contributed by atoms with E-state index in [-0.39, 0.29) is 5.91 Å². The first-order valence-electron chi connectivity index (χ1n) is 9.43. The number of amides is 1. The number of carbonyl (C=O) groups excluding carboxylic acids is 1. The maximum Gasteiger partial charge on any atom is 0.251 e. The lowest BCUT2D eigenvalue weighted by Crippen LogP contribution is -2.23. The fraction of sp³-hybridized carbons (Fsp3) is 0.174. The molecular formula is C23H22N4O2. The molecule has 4 aromatic rings. The van der Waals surface area contributed by atoms with Crippen molar-refractivity contribution in [2.45, 2.75) is 20.0 Å². The van der Waals surface area contributed by atoms with Gasteiger partial charge in [0.05, 0.1) is 19.2 Å². The van der Waals surface area contributed by atoms with Crippen molar-refractivity contribution >= 4 is 16.9 Å². The standard InChI is InChI=1S/C23H22N4O2/c1-16-5-3-4-6-19(16)14-24-23(28)18-9-12-22-21(13-18)25-26-27(22)15-17-7-10-20(29-2)11-8-17/h3-13H,14-15H2,1-2H3,(H,24,28). The molecule has 29 heavy (non-hydrogen) atoms. The molecule has 1 amide bonds. The topological polar surface area (TPSA) is 69.0 Å². The van der Waals surface area contributed by atoms with Gasteiger partial charge in [0.15, 0.2) is 0 Å². The monoisotopic (exact) mass is 386 g/mol. The van der Waals surface area contributed by atoms with Crippen LogP contribution in [0.15, 0.2) is 66.7 Å². The summed E-state index contributed by atoms with van der Waals surface area (Å²) in [5, 5.41) is 11.4. The van der Waals surface area contributed by atoms with Crippen molar-refractivity contribution in [1.82, 2.24) is 20.3 Å². The Kier molecular flexibility index (Phi) is 5.24. The molecule has 1 heterocycles. The van der Waals surface area contributed by atoms with Crippen molar-refractivity contribution in [2.75, 3.05) is 7.11 Å². The van der Waals surface area contributed by atoms with Gasteiger partial charge in [0.25, 0.3) is 5.91 Å². The van der Waals surface area contributed by atoms with Crippen LogP contribution in [0.5, 0.6) is 5.75 Å². The van der Waals surface area contributed by atoms with Gasteiger partial charge in [-0.2, -0.15) is 0 Å². The van der Waals surface area contributed by atoms with Gasteiger partial charge in [-0.05, 0) is 53.9 Å². The van der Waals surface area contributed by atoms with Gasteiger partial charge in [0.1, 0.15) is 11.3 Å². The highest BCUT2D eigenvalue weighted by molar-refractivity contribution is 5.97. The van der Waals surface area contributed by atoms with Gasteiger partial charge < -0.3 is 10.1 Å². The zero-order valence-corrected chi connectivity index (χ0v) is 16.4. The van der Waals surface area contributed by atoms with Crippen LogP contribution in [0.4, 0.5) is 0 Å². The van der Waals surface area contributed by atoms with E-state index in [1.807, 2.05) is 72.3 Å². The molecule has 0 aliphatic heterocycles. The third kappa shape index (κ3) is 4.11. The van der Waals surface area contributed by atoms with Crippen molar-refractivity contribution in [3.8, 4) is 5.75 Å². The molecule has 0 radical (unpaired) electrons. The van der Waals surface area contributed by atoms with Crippen molar-refractivity contribution in [3.63, 3.8) is 0 Å². The van der Waals surface area contributed by atoms with Gasteiger partial charge >= 0.3 is 0 Å². The first-order valence-corrected chi connectivity index (χ1v) is 9.43. The van der Waals surface area contributed by atoms with Crippen molar-refractivity contribution < 1.29 is 9.53 Å². The predicted octanol–water partition coefficient (Wildman–Crippen LogP) is 3.73. The number of aromatic nitrogens is 3. The molecular weight excluding hydrogens is 364 g/mol. The number of rotatable bonds is 6. The van der Waals surface area contributed by atoms with Crippen molar-refractivity contribution in [3.05, 3.63) is 89.0 Å². The molecule has 6 heteroatoms. The van der Waals surface area contributed by atoms with Crippen LogP contribution in [0, 0.1) is 6.92 Å². The first kappa shape index (κ1) is 18.7. The lowest BCUT2D eigenvalue weighted by atomic mass is 10.1. The second kappa shape index (κ2) is 8.14. The molecule has 0 spiro atoms. The van der Waals surface area contributed by atoms with Crippen LogP contribution in [0.2, 0.25) is 0 Å². The van der Waals surface area contributed by atoms with E-state index in [9.17, 15) is 4.79 Å². The molecule has 146 valence electrons. The van der Waals surface area contributed by atoms with E-state index in [4.69, 9.17) is 4.74 Å². The molecule has 0 aliphatic rings. The Morgan fingerprint density at radius 2 is 1.86 bits per heavy atom. The fourth-order valence-corrected chi connectivity index (χ4v) is 3.22. The summed E-state index contributed by atoms with van der Waals surface area (Å²) in [4.78, 5) is 12.6. The fourth-order valence-electron chi connectivity index (χ4n) is 3.22. The number of benzene rings is 3. The van der Waals surface area contributed by atoms with Gasteiger partial charge in [-0.15, -0.1) is 5.10 Å². The van der Waals surface area contributed by atoms with Crippen LogP contribution < -0.4 is 10.1 Å². The van der Waals surface area contributed by atoms with E-state index in [2.05, 4.69) is 15.6 Å². The normalized spacial score (nSPS) is 10.8. The number of aryl methyl sites for hydroxylation is 1. The second-order valence-corrected chi connectivity index (χ2v) is 6.91. The lowest BCUT2D eigenvalue weighted by Gasteiger charge is -2.08. The summed E-state index contributed by atoms with van der Waals surface area (Å²) in [5.74, 6) is 0.693. The average molecular weight is 386 g/mol. The van der Waals surface area contributed by atoms with Crippen molar-refractivity contribution in [1.29, 1.82) is 0 Å². The van der Waals surface area contributed by atoms with Crippen LogP contribution >= 0.6 is 0 Å². The van der Waals surface area contributed by atoms with Gasteiger partial charge in [-0.25, -0.2) is 4.68 Å². The summed E-state index contributed by atoms with van der Waals surface area (Å²) in [6.07, 6.45) is 0. The number of nitrogens with zero attached hydrogens (tertiary/aromatic N) is 3. The third-order valence-electron chi connectivity index (χ3n) is 4.97. The molecule has 0 fully saturated rings. The van der Waals surface area contributed by atoms with Crippen LogP contribution in [-0.2, 0) is 13.1 Å². The first-order chi connectivity index (χ1) is 14.1. The molecule has 0 aliphatic carbocycles. The molecule has 6 nitrogen and oxygen atoms in total. The van der Waals surface area contributed by atoms with Crippen molar-refractivity contribution in [2.24, 2.45) is 0 Å². The van der Waals surface area contributed by atoms with Crippen LogP contribution in [0.3, 0.4) is 0 Å². The molecule has 0 saturated carbocycles. The number of hydrogen-bond donors (Lipinski definition) is 1. The Hall–Kier alpha value is -3.67. The smallest absolute Gasteiger partial charge is 0.251 e. The minimum absolute atomic E-state index is 0.125. The zero-order chi connectivity index (χ0) is 20.2. The highest BCUT2D eigenvalue weighted by Crippen LogP contribution is 2.17. The minimum Gasteiger partial charge on any atom is -0.497 e. The number of nitrogens with one attached hydrogen (secondary N) is 1. The maximum atomic E-state index is 12.6. The summed E-state index contributed by atoms with van der Waals surface area (Å²) in [5.41, 5.74) is 5.51. The number of fused-ring (bicyclic) bond motifs is 1. The largest absolute Gasteiger partial charge is 0.497 e. The molecule has 3 aromatic carbocycles. The Morgan fingerprint density at radius 3 is 2.62 bits per heavy atom. The SMILES string of the molecule is COc1ccc(Cn2nnc3cc(C(=O)NCc4ccccc4C)ccc32)cc1. The highest BCUT2D eigenvalue weighted by Gasteiger charge is 2.11. The van der Waals surface area contributed by atoms with E-state index >= 15 is 0 Å². The Bertz CT molecular complexity index is 1150. The summed E-state index contributed by atoms with van der Waals surface area (Å²) in [6, 6.07) is 21.3. The Morgan fingerprint density at radius 1 is 1.07 bits per heavy atom. The van der Waals surface area contributed by atoms with Gasteiger partial charge in [-0.3, -0.25) is 4.79 Å². The molecule has 0 unspecified atom stereocenters. The Balaban J connectivity index is 1.48. The second-order valence-electron chi connectivity index (χ2n) is 6.91. The molecule has 4 rings (SSSR count). The number of methoxy groups -OCH3 is 1. The summed E-state index contributed by atoms with van der Waals surface area (Å²) in [6.45, 7) is 3.13. The number of ether oxygens (including phenoxy) is 1. The Labute approximate surface area is 169 Å². The van der Waals surface area contributed by atoms with E-state index in [0.29, 0.717) is 24.2 Å². The summed E-state index contributed by atoms with van der Waals surface area (Å²) >= 11 is 0. The van der Waals surface area contributed by atoms with Gasteiger partial charge in [0.2, 0.25) is 0 Å². The molecule has 0 atom stereocenters. The molecule has 1 aromatic heterocycles. The molecule has 0 saturated heterocycles. The number of carbonyl (C=O) groups is 1. The van der Waals surface area contributed by atoms with Gasteiger partial charge in [-0.1, -0.05) is 41.6 Å². The predicted molar refractivity (Wildman–Crippen MR) is 112 cm³/mol. The summed E-state index contributed by atoms with van der Waals surface area (Å²) < 4.78 is 7.02. The quantitative estimate of drug-likeness (QED) is 0.548. The number of hydrogen-bond acceptors (Lipinski definition) is 4. The molecule has 0 bridgehead atoms. The van der Waals surface area contributed by atoms with Crippen LogP contribution in [-0.4, -0.2) is 28.0 Å².